The van der Waals surface area contributed by atoms with E-state index in [0.29, 0.717) is 24.4 Å². The molecule has 0 aliphatic rings. The number of furan rings is 1. The number of likely N-dealkylation sites (N-methyl/N-ethyl adjacent to an activating group) is 1. The highest BCUT2D eigenvalue weighted by atomic mass is 16.5. The second-order valence-electron chi connectivity index (χ2n) is 4.25. The van der Waals surface area contributed by atoms with Crippen LogP contribution in [0.5, 0.6) is 0 Å². The van der Waals surface area contributed by atoms with Crippen LogP contribution < -0.4 is 5.32 Å². The summed E-state index contributed by atoms with van der Waals surface area (Å²) < 4.78 is 9.80. The number of carbonyl (C=O) groups excluding carboxylic acids is 2. The van der Waals surface area contributed by atoms with E-state index >= 15 is 0 Å². The van der Waals surface area contributed by atoms with Gasteiger partial charge in [-0.25, -0.2) is 4.79 Å². The van der Waals surface area contributed by atoms with E-state index in [0.717, 1.165) is 0 Å². The maximum Gasteiger partial charge on any atom is 0.341 e. The molecule has 6 heteroatoms. The number of carbonyl (C=O) groups is 2. The number of amides is 1. The zero-order valence-electron chi connectivity index (χ0n) is 11.7. The zero-order valence-corrected chi connectivity index (χ0v) is 11.7. The van der Waals surface area contributed by atoms with Crippen molar-refractivity contribution in [3.05, 3.63) is 23.7 Å². The van der Waals surface area contributed by atoms with Gasteiger partial charge in [0.1, 0.15) is 12.0 Å². The number of nitrogens with zero attached hydrogens (tertiary/aromatic N) is 1. The van der Waals surface area contributed by atoms with Crippen LogP contribution in [-0.2, 0) is 16.1 Å². The van der Waals surface area contributed by atoms with Gasteiger partial charge < -0.3 is 14.1 Å². The lowest BCUT2D eigenvalue weighted by molar-refractivity contribution is -0.131. The molecular weight excluding hydrogens is 248 g/mol. The van der Waals surface area contributed by atoms with Crippen molar-refractivity contribution >= 4 is 11.9 Å². The third kappa shape index (κ3) is 4.10. The van der Waals surface area contributed by atoms with E-state index in [9.17, 15) is 9.59 Å². The average Bonchev–Trinajstić information content (AvgIpc) is 2.90. The Morgan fingerprint density at radius 1 is 1.53 bits per heavy atom. The molecular formula is C13H20N2O4. The van der Waals surface area contributed by atoms with Crippen LogP contribution in [0.15, 0.2) is 16.7 Å². The van der Waals surface area contributed by atoms with Gasteiger partial charge in [-0.2, -0.15) is 0 Å². The first kappa shape index (κ1) is 15.2. The van der Waals surface area contributed by atoms with Crippen LogP contribution in [0.1, 0.15) is 30.0 Å². The molecule has 19 heavy (non-hydrogen) atoms. The summed E-state index contributed by atoms with van der Waals surface area (Å²) in [6.07, 6.45) is 1.34. The van der Waals surface area contributed by atoms with Gasteiger partial charge >= 0.3 is 5.97 Å². The van der Waals surface area contributed by atoms with Crippen molar-refractivity contribution in [2.24, 2.45) is 0 Å². The molecule has 1 amide bonds. The number of hydrogen-bond donors (Lipinski definition) is 1. The highest BCUT2D eigenvalue weighted by Crippen LogP contribution is 2.09. The standard InChI is InChI=1S/C13H20N2O4/c1-5-15(3)12(16)9(2)14-7-11-6-10(8-19-11)13(17)18-4/h6,8-9,14H,5,7H2,1-4H3. The molecule has 0 bridgehead atoms. The average molecular weight is 268 g/mol. The minimum Gasteiger partial charge on any atom is -0.467 e. The molecule has 0 radical (unpaired) electrons. The largest absolute Gasteiger partial charge is 0.467 e. The van der Waals surface area contributed by atoms with Gasteiger partial charge in [0.2, 0.25) is 5.91 Å². The fourth-order valence-electron chi connectivity index (χ4n) is 1.53. The maximum absolute atomic E-state index is 11.8. The van der Waals surface area contributed by atoms with Gasteiger partial charge in [-0.05, 0) is 19.9 Å². The van der Waals surface area contributed by atoms with Crippen molar-refractivity contribution < 1.29 is 18.7 Å². The first-order chi connectivity index (χ1) is 8.99. The van der Waals surface area contributed by atoms with Crippen LogP contribution in [-0.4, -0.2) is 43.5 Å². The fourth-order valence-corrected chi connectivity index (χ4v) is 1.53. The lowest BCUT2D eigenvalue weighted by atomic mass is 10.2. The summed E-state index contributed by atoms with van der Waals surface area (Å²) in [6, 6.07) is 1.29. The molecule has 0 spiro atoms. The Morgan fingerprint density at radius 2 is 2.21 bits per heavy atom. The molecule has 1 unspecified atom stereocenters. The van der Waals surface area contributed by atoms with Crippen molar-refractivity contribution in [1.82, 2.24) is 10.2 Å². The highest BCUT2D eigenvalue weighted by molar-refractivity contribution is 5.89. The predicted molar refractivity (Wildman–Crippen MR) is 69.7 cm³/mol. The molecule has 1 heterocycles. The Labute approximate surface area is 112 Å². The van der Waals surface area contributed by atoms with Gasteiger partial charge in [0.25, 0.3) is 0 Å². The minimum atomic E-state index is -0.440. The summed E-state index contributed by atoms with van der Waals surface area (Å²) in [7, 11) is 3.07. The van der Waals surface area contributed by atoms with Gasteiger partial charge in [-0.3, -0.25) is 10.1 Å². The summed E-state index contributed by atoms with van der Waals surface area (Å²) >= 11 is 0. The summed E-state index contributed by atoms with van der Waals surface area (Å²) in [4.78, 5) is 24.7. The van der Waals surface area contributed by atoms with E-state index in [-0.39, 0.29) is 11.9 Å². The maximum atomic E-state index is 11.8. The second-order valence-corrected chi connectivity index (χ2v) is 4.25. The molecule has 0 saturated heterocycles. The first-order valence-corrected chi connectivity index (χ1v) is 6.13. The quantitative estimate of drug-likeness (QED) is 0.780. The number of hydrogen-bond acceptors (Lipinski definition) is 5. The SMILES string of the molecule is CCN(C)C(=O)C(C)NCc1cc(C(=O)OC)co1. The van der Waals surface area contributed by atoms with Crippen LogP contribution >= 0.6 is 0 Å². The summed E-state index contributed by atoms with van der Waals surface area (Å²) in [5.41, 5.74) is 0.365. The molecule has 1 aromatic heterocycles. The van der Waals surface area contributed by atoms with E-state index in [2.05, 4.69) is 10.1 Å². The molecule has 1 aromatic rings. The Morgan fingerprint density at radius 3 is 2.79 bits per heavy atom. The van der Waals surface area contributed by atoms with Crippen LogP contribution in [0.2, 0.25) is 0 Å². The highest BCUT2D eigenvalue weighted by Gasteiger charge is 2.16. The van der Waals surface area contributed by atoms with Crippen molar-refractivity contribution in [1.29, 1.82) is 0 Å². The van der Waals surface area contributed by atoms with E-state index in [1.165, 1.54) is 13.4 Å². The zero-order chi connectivity index (χ0) is 14.4. The Hall–Kier alpha value is -1.82. The molecule has 0 aromatic carbocycles. The lowest BCUT2D eigenvalue weighted by Crippen LogP contribution is -2.42. The molecule has 106 valence electrons. The summed E-state index contributed by atoms with van der Waals surface area (Å²) in [5, 5.41) is 3.05. The third-order valence-corrected chi connectivity index (χ3v) is 2.88. The monoisotopic (exact) mass is 268 g/mol. The van der Waals surface area contributed by atoms with Crippen LogP contribution in [0, 0.1) is 0 Å². The predicted octanol–water partition coefficient (Wildman–Crippen LogP) is 1.02. The van der Waals surface area contributed by atoms with E-state index in [4.69, 9.17) is 4.42 Å². The van der Waals surface area contributed by atoms with Gasteiger partial charge in [0.15, 0.2) is 0 Å². The molecule has 0 saturated carbocycles. The van der Waals surface area contributed by atoms with Crippen molar-refractivity contribution in [3.8, 4) is 0 Å². The molecule has 1 atom stereocenters. The van der Waals surface area contributed by atoms with Crippen molar-refractivity contribution in [3.63, 3.8) is 0 Å². The molecule has 1 rings (SSSR count). The van der Waals surface area contributed by atoms with E-state index in [1.54, 1.807) is 24.9 Å². The summed E-state index contributed by atoms with van der Waals surface area (Å²) in [6.45, 7) is 4.75. The van der Waals surface area contributed by atoms with Crippen LogP contribution in [0.3, 0.4) is 0 Å². The topological polar surface area (TPSA) is 71.8 Å². The number of nitrogens with one attached hydrogen (secondary N) is 1. The number of ether oxygens (including phenoxy) is 1. The normalized spacial score (nSPS) is 12.0. The summed E-state index contributed by atoms with van der Waals surface area (Å²) in [5.74, 6) is 0.159. The molecule has 1 N–H and O–H groups in total. The fraction of sp³-hybridized carbons (Fsp3) is 0.538. The first-order valence-electron chi connectivity index (χ1n) is 6.13. The second kappa shape index (κ2) is 6.94. The van der Waals surface area contributed by atoms with Crippen LogP contribution in [0.4, 0.5) is 0 Å². The smallest absolute Gasteiger partial charge is 0.341 e. The van der Waals surface area contributed by atoms with Gasteiger partial charge in [-0.1, -0.05) is 0 Å². The van der Waals surface area contributed by atoms with E-state index < -0.39 is 5.97 Å². The van der Waals surface area contributed by atoms with Crippen LogP contribution in [0.25, 0.3) is 0 Å². The number of esters is 1. The third-order valence-electron chi connectivity index (χ3n) is 2.88. The van der Waals surface area contributed by atoms with Gasteiger partial charge in [-0.15, -0.1) is 0 Å². The van der Waals surface area contributed by atoms with Gasteiger partial charge in [0.05, 0.1) is 25.3 Å². The van der Waals surface area contributed by atoms with Gasteiger partial charge in [0, 0.05) is 13.6 Å². The van der Waals surface area contributed by atoms with Crippen molar-refractivity contribution in [2.45, 2.75) is 26.4 Å². The number of methoxy groups -OCH3 is 1. The Balaban J connectivity index is 2.50. The number of rotatable bonds is 6. The molecule has 0 aliphatic heterocycles. The minimum absolute atomic E-state index is 0.0160. The van der Waals surface area contributed by atoms with E-state index in [1.807, 2.05) is 6.92 Å². The lowest BCUT2D eigenvalue weighted by Gasteiger charge is -2.20. The Bertz CT molecular complexity index is 442. The Kier molecular flexibility index (Phi) is 5.57. The van der Waals surface area contributed by atoms with Crippen molar-refractivity contribution in [2.75, 3.05) is 20.7 Å². The molecule has 0 aliphatic carbocycles. The molecule has 0 fully saturated rings. The molecule has 6 nitrogen and oxygen atoms in total.